The lowest BCUT2D eigenvalue weighted by atomic mass is 10.3. The number of hydrogen-bond acceptors (Lipinski definition) is 4. The molecular weight excluding hydrogens is 248 g/mol. The van der Waals surface area contributed by atoms with Gasteiger partial charge in [0.25, 0.3) is 5.91 Å². The Morgan fingerprint density at radius 3 is 2.58 bits per heavy atom. The molecule has 0 aromatic carbocycles. The first-order chi connectivity index (χ1) is 8.97. The fourth-order valence-corrected chi connectivity index (χ4v) is 1.59. The lowest BCUT2D eigenvalue weighted by molar-refractivity contribution is 0.0690. The minimum atomic E-state index is -1.17. The number of carboxylic acids is 1. The molecule has 0 aliphatic carbocycles. The quantitative estimate of drug-likeness (QED) is 0.860. The van der Waals surface area contributed by atoms with Gasteiger partial charge in [-0.2, -0.15) is 5.10 Å². The Labute approximate surface area is 108 Å². The monoisotopic (exact) mass is 260 g/mol. The summed E-state index contributed by atoms with van der Waals surface area (Å²) in [6.07, 6.45) is 0. The lowest BCUT2D eigenvalue weighted by Crippen LogP contribution is -2.17. The van der Waals surface area contributed by atoms with Gasteiger partial charge >= 0.3 is 5.97 Å². The molecule has 2 aromatic heterocycles. The number of nitrogens with one attached hydrogen (secondary N) is 1. The zero-order valence-electron chi connectivity index (χ0n) is 10.4. The van der Waals surface area contributed by atoms with Gasteiger partial charge in [-0.25, -0.2) is 9.78 Å². The van der Waals surface area contributed by atoms with Gasteiger partial charge in [0.05, 0.1) is 5.69 Å². The second kappa shape index (κ2) is 4.89. The largest absolute Gasteiger partial charge is 0.477 e. The molecule has 0 fully saturated rings. The van der Waals surface area contributed by atoms with E-state index in [1.54, 1.807) is 20.0 Å². The van der Waals surface area contributed by atoms with Crippen molar-refractivity contribution >= 4 is 17.7 Å². The van der Waals surface area contributed by atoms with Gasteiger partial charge in [-0.3, -0.25) is 9.48 Å². The third-order valence-electron chi connectivity index (χ3n) is 2.44. The van der Waals surface area contributed by atoms with Crippen molar-refractivity contribution in [3.63, 3.8) is 0 Å². The number of anilines is 1. The molecular formula is C12H12N4O3. The summed E-state index contributed by atoms with van der Waals surface area (Å²) in [5, 5.41) is 15.5. The molecule has 19 heavy (non-hydrogen) atoms. The van der Waals surface area contributed by atoms with E-state index in [4.69, 9.17) is 5.11 Å². The van der Waals surface area contributed by atoms with Gasteiger partial charge in [0.15, 0.2) is 0 Å². The van der Waals surface area contributed by atoms with Crippen LogP contribution in [0.15, 0.2) is 24.3 Å². The number of carboxylic acid groups (broad SMARTS) is 1. The highest BCUT2D eigenvalue weighted by atomic mass is 16.4. The molecule has 7 nitrogen and oxygen atoms in total. The summed E-state index contributed by atoms with van der Waals surface area (Å²) < 4.78 is 1.52. The topological polar surface area (TPSA) is 97.1 Å². The molecule has 0 aliphatic heterocycles. The van der Waals surface area contributed by atoms with E-state index in [1.807, 2.05) is 0 Å². The number of aromatic nitrogens is 3. The molecule has 0 saturated heterocycles. The maximum absolute atomic E-state index is 11.9. The molecule has 2 aromatic rings. The van der Waals surface area contributed by atoms with E-state index in [0.29, 0.717) is 5.82 Å². The van der Waals surface area contributed by atoms with Gasteiger partial charge in [-0.1, -0.05) is 6.07 Å². The van der Waals surface area contributed by atoms with Gasteiger partial charge in [-0.05, 0) is 19.1 Å². The SMILES string of the molecule is Cc1cc(NC(=O)c2cccc(C(=O)O)n2)n(C)n1. The highest BCUT2D eigenvalue weighted by Gasteiger charge is 2.13. The van der Waals surface area contributed by atoms with Gasteiger partial charge < -0.3 is 10.4 Å². The zero-order valence-corrected chi connectivity index (χ0v) is 10.4. The van der Waals surface area contributed by atoms with Gasteiger partial charge in [0, 0.05) is 13.1 Å². The number of pyridine rings is 1. The smallest absolute Gasteiger partial charge is 0.354 e. The van der Waals surface area contributed by atoms with Crippen LogP contribution >= 0.6 is 0 Å². The fourth-order valence-electron chi connectivity index (χ4n) is 1.59. The first-order valence-corrected chi connectivity index (χ1v) is 5.49. The molecule has 0 aliphatic rings. The van der Waals surface area contributed by atoms with Crippen molar-refractivity contribution < 1.29 is 14.7 Å². The average Bonchev–Trinajstić information content (AvgIpc) is 2.68. The molecule has 2 rings (SSSR count). The summed E-state index contributed by atoms with van der Waals surface area (Å²) in [7, 11) is 1.70. The van der Waals surface area contributed by atoms with E-state index in [9.17, 15) is 9.59 Å². The summed E-state index contributed by atoms with van der Waals surface area (Å²) in [5.74, 6) is -1.14. The van der Waals surface area contributed by atoms with Crippen LogP contribution in [0.1, 0.15) is 26.7 Å². The molecule has 0 saturated carbocycles. The second-order valence-corrected chi connectivity index (χ2v) is 3.96. The van der Waals surface area contributed by atoms with E-state index >= 15 is 0 Å². The van der Waals surface area contributed by atoms with Gasteiger partial charge in [-0.15, -0.1) is 0 Å². The highest BCUT2D eigenvalue weighted by molar-refractivity contribution is 6.03. The number of aromatic carboxylic acids is 1. The number of carbonyl (C=O) groups is 2. The van der Waals surface area contributed by atoms with Crippen molar-refractivity contribution in [3.8, 4) is 0 Å². The Kier molecular flexibility index (Phi) is 3.28. The van der Waals surface area contributed by atoms with Crippen molar-refractivity contribution in [2.75, 3.05) is 5.32 Å². The van der Waals surface area contributed by atoms with E-state index in [-0.39, 0.29) is 11.4 Å². The highest BCUT2D eigenvalue weighted by Crippen LogP contribution is 2.10. The Hall–Kier alpha value is -2.70. The van der Waals surface area contributed by atoms with Crippen LogP contribution in [-0.2, 0) is 7.05 Å². The van der Waals surface area contributed by atoms with Gasteiger partial charge in [0.2, 0.25) is 0 Å². The molecule has 0 unspecified atom stereocenters. The standard InChI is InChI=1S/C12H12N4O3/c1-7-6-10(16(2)15-7)14-11(17)8-4-3-5-9(13-8)12(18)19/h3-6H,1-2H3,(H,14,17)(H,18,19). The first-order valence-electron chi connectivity index (χ1n) is 5.49. The number of hydrogen-bond donors (Lipinski definition) is 2. The number of amides is 1. The van der Waals surface area contributed by atoms with Crippen LogP contribution in [0.4, 0.5) is 5.82 Å². The fraction of sp³-hybridized carbons (Fsp3) is 0.167. The van der Waals surface area contributed by atoms with Crippen LogP contribution in [0, 0.1) is 6.92 Å². The van der Waals surface area contributed by atoms with E-state index < -0.39 is 11.9 Å². The Balaban J connectivity index is 2.23. The molecule has 0 bridgehead atoms. The van der Waals surface area contributed by atoms with Crippen molar-refractivity contribution in [1.82, 2.24) is 14.8 Å². The normalized spacial score (nSPS) is 10.2. The molecule has 98 valence electrons. The molecule has 2 N–H and O–H groups in total. The molecule has 2 heterocycles. The molecule has 0 spiro atoms. The Bertz CT molecular complexity index is 648. The van der Waals surface area contributed by atoms with Crippen molar-refractivity contribution in [3.05, 3.63) is 41.3 Å². The van der Waals surface area contributed by atoms with Crippen LogP contribution in [0.2, 0.25) is 0 Å². The summed E-state index contributed by atoms with van der Waals surface area (Å²) in [6.45, 7) is 1.80. The van der Waals surface area contributed by atoms with E-state index in [2.05, 4.69) is 15.4 Å². The predicted molar refractivity (Wildman–Crippen MR) is 67.1 cm³/mol. The first kappa shape index (κ1) is 12.7. The van der Waals surface area contributed by atoms with E-state index in [1.165, 1.54) is 22.9 Å². The summed E-state index contributed by atoms with van der Waals surface area (Å²) in [5.41, 5.74) is 0.637. The Morgan fingerprint density at radius 2 is 2.00 bits per heavy atom. The van der Waals surface area contributed by atoms with Crippen molar-refractivity contribution in [2.24, 2.45) is 7.05 Å². The zero-order chi connectivity index (χ0) is 14.0. The minimum absolute atomic E-state index is 0.0405. The summed E-state index contributed by atoms with van der Waals surface area (Å²) in [6, 6.07) is 5.96. The van der Waals surface area contributed by atoms with Crippen molar-refractivity contribution in [1.29, 1.82) is 0 Å². The van der Waals surface area contributed by atoms with Crippen molar-refractivity contribution in [2.45, 2.75) is 6.92 Å². The summed E-state index contributed by atoms with van der Waals surface area (Å²) in [4.78, 5) is 26.5. The number of aryl methyl sites for hydroxylation is 2. The number of carbonyl (C=O) groups excluding carboxylic acids is 1. The van der Waals surface area contributed by atoms with Crippen LogP contribution < -0.4 is 5.32 Å². The number of rotatable bonds is 3. The second-order valence-electron chi connectivity index (χ2n) is 3.96. The molecule has 1 amide bonds. The third kappa shape index (κ3) is 2.76. The lowest BCUT2D eigenvalue weighted by Gasteiger charge is -2.04. The maximum Gasteiger partial charge on any atom is 0.354 e. The molecule has 0 atom stereocenters. The van der Waals surface area contributed by atoms with Crippen LogP contribution in [0.3, 0.4) is 0 Å². The van der Waals surface area contributed by atoms with Crippen LogP contribution in [-0.4, -0.2) is 31.7 Å². The average molecular weight is 260 g/mol. The minimum Gasteiger partial charge on any atom is -0.477 e. The van der Waals surface area contributed by atoms with Crippen LogP contribution in [0.25, 0.3) is 0 Å². The number of nitrogens with zero attached hydrogens (tertiary/aromatic N) is 3. The summed E-state index contributed by atoms with van der Waals surface area (Å²) >= 11 is 0. The maximum atomic E-state index is 11.9. The predicted octanol–water partition coefficient (Wildman–Crippen LogP) is 1.07. The van der Waals surface area contributed by atoms with Gasteiger partial charge in [0.1, 0.15) is 17.2 Å². The molecule has 7 heteroatoms. The molecule has 0 radical (unpaired) electrons. The van der Waals surface area contributed by atoms with Crippen LogP contribution in [0.5, 0.6) is 0 Å². The Morgan fingerprint density at radius 1 is 1.32 bits per heavy atom. The van der Waals surface area contributed by atoms with E-state index in [0.717, 1.165) is 5.69 Å². The third-order valence-corrected chi connectivity index (χ3v) is 2.44.